The maximum atomic E-state index is 10.8. The average molecular weight is 830 g/mol. The minimum atomic E-state index is -2.14. The molecule has 4 heterocycles. The Morgan fingerprint density at radius 2 is 0.614 bits per heavy atom. The summed E-state index contributed by atoms with van der Waals surface area (Å²) in [5, 5.41) is 95.1. The van der Waals surface area contributed by atoms with Crippen molar-refractivity contribution in [3.63, 3.8) is 0 Å². The van der Waals surface area contributed by atoms with Gasteiger partial charge in [-0.15, -0.1) is 11.5 Å². The van der Waals surface area contributed by atoms with Gasteiger partial charge in [-0.25, -0.2) is 19.2 Å². The summed E-state index contributed by atoms with van der Waals surface area (Å²) in [6, 6.07) is 25.1. The Morgan fingerprint density at radius 3 is 0.772 bits per heavy atom. The van der Waals surface area contributed by atoms with E-state index >= 15 is 0 Å². The molecule has 0 saturated carbocycles. The van der Waals surface area contributed by atoms with E-state index in [0.29, 0.717) is 0 Å². The summed E-state index contributed by atoms with van der Waals surface area (Å²) in [6.45, 7) is 0. The van der Waals surface area contributed by atoms with E-state index in [1.165, 1.54) is 49.1 Å². The summed E-state index contributed by atoms with van der Waals surface area (Å²) in [5.74, 6) is -10.8. The minimum Gasteiger partial charge on any atom is -0.872 e. The number of aromatic nitrogens is 4. The number of carbonyl (C=O) groups is 4. The van der Waals surface area contributed by atoms with E-state index in [-0.39, 0.29) is 62.1 Å². The van der Waals surface area contributed by atoms with Crippen LogP contribution in [0.25, 0.3) is 0 Å². The van der Waals surface area contributed by atoms with Crippen LogP contribution in [0.4, 0.5) is 0 Å². The molecule has 0 atom stereocenters. The maximum Gasteiger partial charge on any atom is 2.00 e. The second kappa shape index (κ2) is 21.1. The van der Waals surface area contributed by atoms with Gasteiger partial charge in [0.1, 0.15) is 22.8 Å². The number of aromatic carboxylic acids is 4. The fourth-order valence-corrected chi connectivity index (χ4v) is 4.23. The van der Waals surface area contributed by atoms with Crippen molar-refractivity contribution in [2.45, 2.75) is 11.6 Å². The molecule has 0 spiro atoms. The number of aliphatic hydroxyl groups is 4. The number of carboxylic acid groups (broad SMARTS) is 4. The summed E-state index contributed by atoms with van der Waals surface area (Å²) in [4.78, 5) is 57.1. The molecule has 8 N–H and O–H groups in total. The van der Waals surface area contributed by atoms with E-state index in [1.54, 1.807) is 48.5 Å². The van der Waals surface area contributed by atoms with Crippen LogP contribution >= 0.6 is 0 Å². The van der Waals surface area contributed by atoms with Gasteiger partial charge in [-0.3, -0.25) is 19.9 Å². The number of nitrogens with zero attached hydrogens (tertiary/aromatic N) is 4. The van der Waals surface area contributed by atoms with E-state index < -0.39 is 47.0 Å². The monoisotopic (exact) mass is 829 g/mol. The molecule has 0 unspecified atom stereocenters. The molecule has 57 heavy (non-hydrogen) atoms. The smallest absolute Gasteiger partial charge is 0.872 e. The minimum absolute atomic E-state index is 0. The molecule has 0 amide bonds. The summed E-state index contributed by atoms with van der Waals surface area (Å²) in [5.41, 5.74) is -0.635. The number of hydrogen-bond donors (Lipinski definition) is 8. The van der Waals surface area contributed by atoms with Gasteiger partial charge in [-0.2, -0.15) is 0 Å². The molecule has 2 aromatic carbocycles. The van der Waals surface area contributed by atoms with Crippen molar-refractivity contribution in [3.8, 4) is 11.5 Å². The molecule has 19 heteroatoms. The number of pyridine rings is 4. The molecule has 0 aliphatic heterocycles. The van der Waals surface area contributed by atoms with Crippen LogP contribution in [0, 0.1) is 0 Å². The molecule has 0 saturated heterocycles. The summed E-state index contributed by atoms with van der Waals surface area (Å²) >= 11 is 0. The zero-order valence-corrected chi connectivity index (χ0v) is 29.8. The van der Waals surface area contributed by atoms with Gasteiger partial charge in [-0.1, -0.05) is 48.5 Å². The van der Waals surface area contributed by atoms with Gasteiger partial charge in [-0.05, 0) is 60.7 Å². The van der Waals surface area contributed by atoms with Crippen molar-refractivity contribution in [2.75, 3.05) is 0 Å². The Hall–Kier alpha value is -7.12. The predicted molar refractivity (Wildman–Crippen MR) is 187 cm³/mol. The molecule has 0 fully saturated rings. The first-order valence-corrected chi connectivity index (χ1v) is 15.6. The molecular formula is C38H30CuN4O14. The van der Waals surface area contributed by atoms with E-state index in [9.17, 15) is 49.8 Å². The molecule has 0 aliphatic carbocycles. The molecule has 6 rings (SSSR count). The topological polar surface area (TPSA) is 328 Å². The van der Waals surface area contributed by atoms with Crippen LogP contribution < -0.4 is 10.2 Å². The number of benzene rings is 2. The molecule has 0 aliphatic rings. The Morgan fingerprint density at radius 1 is 0.404 bits per heavy atom. The van der Waals surface area contributed by atoms with Crippen LogP contribution in [0.15, 0.2) is 134 Å². The van der Waals surface area contributed by atoms with E-state index in [1.807, 2.05) is 0 Å². The van der Waals surface area contributed by atoms with Crippen LogP contribution in [0.5, 0.6) is 11.5 Å². The molecule has 4 aromatic heterocycles. The molecule has 18 nitrogen and oxygen atoms in total. The zero-order chi connectivity index (χ0) is 41.5. The van der Waals surface area contributed by atoms with Crippen LogP contribution in [0.1, 0.15) is 64.2 Å². The Labute approximate surface area is 332 Å². The number of rotatable bonds is 8. The molecular weight excluding hydrogens is 800 g/mol. The first-order valence-electron chi connectivity index (χ1n) is 15.6. The van der Waals surface area contributed by atoms with E-state index in [4.69, 9.17) is 20.4 Å². The van der Waals surface area contributed by atoms with Crippen molar-refractivity contribution < 1.29 is 87.3 Å². The molecule has 297 valence electrons. The van der Waals surface area contributed by atoms with Gasteiger partial charge >= 0.3 is 40.9 Å². The Balaban J connectivity index is 0.000000262. The van der Waals surface area contributed by atoms with Gasteiger partial charge in [0.25, 0.3) is 11.6 Å². The molecule has 1 radical (unpaired) electrons. The van der Waals surface area contributed by atoms with Crippen molar-refractivity contribution in [1.82, 2.24) is 19.9 Å². The number of carboxylic acids is 4. The average Bonchev–Trinajstić information content (AvgIpc) is 3.19. The fraction of sp³-hybridized carbons (Fsp3) is 0.0526. The van der Waals surface area contributed by atoms with Crippen molar-refractivity contribution >= 4 is 23.9 Å². The van der Waals surface area contributed by atoms with Gasteiger partial charge in [0, 0.05) is 24.8 Å². The van der Waals surface area contributed by atoms with Gasteiger partial charge in [0.15, 0.2) is 0 Å². The van der Waals surface area contributed by atoms with Gasteiger partial charge in [0.05, 0.1) is 22.3 Å². The largest absolute Gasteiger partial charge is 2.00 e. The SMILES string of the molecule is O=C(O)c1cc([O-])cc(C(=O)O)c1.O=C(O)c1cc([O-])cc(C(=O)O)c1.OC(O)(c1ccccn1)c1ccccn1.OC(O)(c1ccccn1)c1ccccn1.[Cu+2]. The van der Waals surface area contributed by atoms with E-state index in [0.717, 1.165) is 36.4 Å². The summed E-state index contributed by atoms with van der Waals surface area (Å²) < 4.78 is 0. The Bertz CT molecular complexity index is 1940. The first-order chi connectivity index (χ1) is 26.4. The predicted octanol–water partition coefficient (Wildman–Crippen LogP) is 1.64. The van der Waals surface area contributed by atoms with Crippen molar-refractivity contribution in [1.29, 1.82) is 0 Å². The van der Waals surface area contributed by atoms with Crippen molar-refractivity contribution in [2.24, 2.45) is 0 Å². The first kappa shape index (κ1) is 46.0. The van der Waals surface area contributed by atoms with Crippen LogP contribution in [-0.2, 0) is 28.6 Å². The standard InChI is InChI=1S/2C11H10N2O2.2C8H6O5.Cu/c2*14-11(15,9-5-1-3-7-12-9)10-6-2-4-8-13-10;2*9-6-2-4(7(10)11)1-5(3-6)8(12)13;/h2*1-8,14-15H;2*1-3,9H,(H,10,11)(H,12,13);/q;;;;+2/p-2. The third kappa shape index (κ3) is 13.6. The zero-order valence-electron chi connectivity index (χ0n) is 28.8. The maximum absolute atomic E-state index is 10.8. The van der Waals surface area contributed by atoms with Crippen LogP contribution in [0.3, 0.4) is 0 Å². The third-order valence-corrected chi connectivity index (χ3v) is 6.89. The van der Waals surface area contributed by atoms with Crippen LogP contribution in [-0.4, -0.2) is 84.7 Å². The quantitative estimate of drug-likeness (QED) is 0.0798. The van der Waals surface area contributed by atoms with Crippen LogP contribution in [0.2, 0.25) is 0 Å². The summed E-state index contributed by atoms with van der Waals surface area (Å²) in [6.07, 6.45) is 6.00. The second-order valence-electron chi connectivity index (χ2n) is 10.9. The third-order valence-electron chi connectivity index (χ3n) is 6.89. The van der Waals surface area contributed by atoms with Gasteiger partial charge in [0.2, 0.25) is 0 Å². The Kier molecular flexibility index (Phi) is 17.0. The number of hydrogen-bond acceptors (Lipinski definition) is 14. The molecule has 6 aromatic rings. The second-order valence-corrected chi connectivity index (χ2v) is 10.9. The molecule has 0 bridgehead atoms. The van der Waals surface area contributed by atoms with Gasteiger partial charge < -0.3 is 51.1 Å². The van der Waals surface area contributed by atoms with E-state index in [2.05, 4.69) is 19.9 Å². The summed E-state index contributed by atoms with van der Waals surface area (Å²) in [7, 11) is 0. The fourth-order valence-electron chi connectivity index (χ4n) is 4.23. The normalized spacial score (nSPS) is 10.3. The van der Waals surface area contributed by atoms with Crippen molar-refractivity contribution in [3.05, 3.63) is 179 Å².